The first-order chi connectivity index (χ1) is 17.1. The molecule has 0 saturated carbocycles. The maximum absolute atomic E-state index is 12.3. The Morgan fingerprint density at radius 1 is 1.20 bits per heavy atom. The summed E-state index contributed by atoms with van der Waals surface area (Å²) >= 11 is 3.01. The van der Waals surface area contributed by atoms with E-state index in [0.29, 0.717) is 22.8 Å². The number of carbonyl (C=O) groups excluding carboxylic acids is 1. The highest BCUT2D eigenvalue weighted by molar-refractivity contribution is 7.99. The number of thiophene rings is 1. The number of aromatic amines is 1. The van der Waals surface area contributed by atoms with E-state index in [4.69, 9.17) is 9.72 Å². The van der Waals surface area contributed by atoms with Crippen LogP contribution >= 0.6 is 23.1 Å². The number of aryl methyl sites for hydroxylation is 1. The average molecular weight is 503 g/mol. The molecule has 5 aromatic rings. The van der Waals surface area contributed by atoms with Crippen LogP contribution in [0.5, 0.6) is 0 Å². The topological polar surface area (TPSA) is 98.6 Å². The number of imidazole rings is 1. The van der Waals surface area contributed by atoms with E-state index >= 15 is 0 Å². The summed E-state index contributed by atoms with van der Waals surface area (Å²) in [4.78, 5) is 18.7. The van der Waals surface area contributed by atoms with Gasteiger partial charge in [-0.05, 0) is 28.8 Å². The summed E-state index contributed by atoms with van der Waals surface area (Å²) in [5, 5.41) is 15.3. The zero-order valence-electron chi connectivity index (χ0n) is 19.2. The number of esters is 1. The molecule has 0 unspecified atom stereocenters. The lowest BCUT2D eigenvalue weighted by Crippen LogP contribution is -2.02. The number of fused-ring (bicyclic) bond motifs is 1. The van der Waals surface area contributed by atoms with E-state index in [-0.39, 0.29) is 5.97 Å². The van der Waals surface area contributed by atoms with Gasteiger partial charge in [0.1, 0.15) is 10.4 Å². The minimum Gasteiger partial charge on any atom is -0.465 e. The minimum atomic E-state index is -0.359. The van der Waals surface area contributed by atoms with E-state index in [2.05, 4.69) is 56.0 Å². The van der Waals surface area contributed by atoms with Gasteiger partial charge in [0.2, 0.25) is 5.82 Å². The molecule has 3 heterocycles. The third-order valence-corrected chi connectivity index (χ3v) is 7.59. The molecular weight excluding hydrogens is 480 g/mol. The molecule has 0 aliphatic heterocycles. The van der Waals surface area contributed by atoms with Gasteiger partial charge in [0.25, 0.3) is 0 Å². The Morgan fingerprint density at radius 2 is 1.97 bits per heavy atom. The monoisotopic (exact) mass is 502 g/mol. The Labute approximate surface area is 210 Å². The highest BCUT2D eigenvalue weighted by Gasteiger charge is 2.23. The normalized spacial score (nSPS) is 11.1. The van der Waals surface area contributed by atoms with E-state index in [1.165, 1.54) is 18.4 Å². The summed E-state index contributed by atoms with van der Waals surface area (Å²) in [5.41, 5.74) is 5.79. The van der Waals surface area contributed by atoms with Crippen molar-refractivity contribution >= 4 is 40.1 Å². The lowest BCUT2D eigenvalue weighted by Gasteiger charge is -2.11. The summed E-state index contributed by atoms with van der Waals surface area (Å²) in [6.07, 6.45) is 1.85. The molecule has 5 rings (SSSR count). The lowest BCUT2D eigenvalue weighted by molar-refractivity contribution is 0.0608. The second-order valence-electron chi connectivity index (χ2n) is 7.73. The van der Waals surface area contributed by atoms with Gasteiger partial charge in [-0.3, -0.25) is 0 Å². The first-order valence-corrected chi connectivity index (χ1v) is 12.6. The van der Waals surface area contributed by atoms with E-state index in [1.807, 2.05) is 37.3 Å². The molecule has 0 aliphatic rings. The Kier molecular flexibility index (Phi) is 6.47. The largest absolute Gasteiger partial charge is 0.465 e. The Balaban J connectivity index is 1.51. The molecule has 10 heteroatoms. The zero-order valence-corrected chi connectivity index (χ0v) is 20.8. The number of tetrazole rings is 1. The van der Waals surface area contributed by atoms with Gasteiger partial charge in [0.15, 0.2) is 5.16 Å². The summed E-state index contributed by atoms with van der Waals surface area (Å²) in [6.45, 7) is 6.46. The Hall–Kier alpha value is -3.76. The van der Waals surface area contributed by atoms with Crippen molar-refractivity contribution in [3.8, 4) is 22.5 Å². The second kappa shape index (κ2) is 9.85. The van der Waals surface area contributed by atoms with Crippen molar-refractivity contribution in [3.63, 3.8) is 0 Å². The number of nitrogens with zero attached hydrogens (tertiary/aromatic N) is 5. The fourth-order valence-electron chi connectivity index (χ4n) is 4.00. The third kappa shape index (κ3) is 4.38. The molecule has 1 N–H and O–H groups in total. The Bertz CT molecular complexity index is 1500. The number of methoxy groups -OCH3 is 1. The van der Waals surface area contributed by atoms with Crippen LogP contribution in [-0.2, 0) is 11.3 Å². The van der Waals surface area contributed by atoms with Gasteiger partial charge < -0.3 is 9.30 Å². The van der Waals surface area contributed by atoms with Gasteiger partial charge in [-0.2, -0.15) is 5.21 Å². The first-order valence-electron chi connectivity index (χ1n) is 10.8. The van der Waals surface area contributed by atoms with Crippen LogP contribution in [0, 0.1) is 6.92 Å². The average Bonchev–Trinajstić information content (AvgIpc) is 3.61. The number of carbonyl (C=O) groups is 1. The smallest absolute Gasteiger partial charge is 0.350 e. The predicted octanol–water partition coefficient (Wildman–Crippen LogP) is 5.37. The molecule has 0 aliphatic carbocycles. The van der Waals surface area contributed by atoms with Crippen LogP contribution in [0.2, 0.25) is 0 Å². The number of aromatic nitrogens is 6. The first kappa shape index (κ1) is 23.0. The number of hydrogen-bond donors (Lipinski definition) is 1. The van der Waals surface area contributed by atoms with Crippen LogP contribution in [0.15, 0.2) is 66.3 Å². The van der Waals surface area contributed by atoms with Gasteiger partial charge in [-0.25, -0.2) is 9.78 Å². The van der Waals surface area contributed by atoms with Crippen LogP contribution < -0.4 is 0 Å². The number of ether oxygens (including phenoxy) is 1. The van der Waals surface area contributed by atoms with E-state index in [9.17, 15) is 4.79 Å². The van der Waals surface area contributed by atoms with Crippen molar-refractivity contribution in [1.82, 2.24) is 30.2 Å². The molecule has 0 saturated heterocycles. The van der Waals surface area contributed by atoms with Crippen molar-refractivity contribution in [2.24, 2.45) is 0 Å². The highest BCUT2D eigenvalue weighted by atomic mass is 32.2. The molecule has 35 heavy (non-hydrogen) atoms. The molecule has 2 aromatic carbocycles. The molecule has 0 bridgehead atoms. The maximum Gasteiger partial charge on any atom is 0.350 e. The fraction of sp³-hybridized carbons (Fsp3) is 0.160. The van der Waals surface area contributed by atoms with Crippen LogP contribution in [0.1, 0.15) is 20.1 Å². The minimum absolute atomic E-state index is 0.359. The van der Waals surface area contributed by atoms with Crippen molar-refractivity contribution in [2.75, 3.05) is 12.9 Å². The second-order valence-corrected chi connectivity index (χ2v) is 9.95. The Morgan fingerprint density at radius 3 is 2.66 bits per heavy atom. The number of nitrogens with one attached hydrogen (secondary N) is 1. The van der Waals surface area contributed by atoms with Crippen molar-refractivity contribution in [2.45, 2.75) is 18.6 Å². The van der Waals surface area contributed by atoms with Gasteiger partial charge in [-0.1, -0.05) is 66.4 Å². The number of benzene rings is 2. The van der Waals surface area contributed by atoms with Crippen LogP contribution in [-0.4, -0.2) is 49.0 Å². The molecule has 0 fully saturated rings. The van der Waals surface area contributed by atoms with Crippen LogP contribution in [0.25, 0.3) is 33.5 Å². The number of thioether (sulfide) groups is 1. The van der Waals surface area contributed by atoms with Crippen molar-refractivity contribution in [3.05, 3.63) is 76.5 Å². The maximum atomic E-state index is 12.3. The molecule has 3 aromatic heterocycles. The fourth-order valence-corrected chi connectivity index (χ4v) is 5.75. The van der Waals surface area contributed by atoms with Crippen molar-refractivity contribution in [1.29, 1.82) is 0 Å². The number of H-pyrrole nitrogens is 1. The highest BCUT2D eigenvalue weighted by Crippen LogP contribution is 2.36. The SMILES string of the molecule is C=CCSc1nc2c(C(=O)OC)sc(C)c2n1Cc1ccc(-c2ccccc2-c2nn[nH]n2)cc1. The standard InChI is InChI=1S/C25H22N6O2S2/c1-4-13-34-25-26-20-21(15(2)35-22(20)24(32)33-3)31(25)14-16-9-11-17(12-10-16)18-7-5-6-8-19(18)23-27-29-30-28-23/h4-12H,1,13-14H2,2-3H3,(H,27,28,29,30). The molecule has 0 spiro atoms. The van der Waals surface area contributed by atoms with Crippen molar-refractivity contribution < 1.29 is 9.53 Å². The summed E-state index contributed by atoms with van der Waals surface area (Å²) < 4.78 is 7.15. The lowest BCUT2D eigenvalue weighted by atomic mass is 9.98. The van der Waals surface area contributed by atoms with Gasteiger partial charge in [0.05, 0.1) is 19.2 Å². The molecule has 0 amide bonds. The predicted molar refractivity (Wildman–Crippen MR) is 139 cm³/mol. The molecule has 0 radical (unpaired) electrons. The zero-order chi connectivity index (χ0) is 24.4. The van der Waals surface area contributed by atoms with E-state index in [0.717, 1.165) is 43.6 Å². The van der Waals surface area contributed by atoms with Gasteiger partial charge in [0, 0.05) is 16.2 Å². The quantitative estimate of drug-likeness (QED) is 0.173. The summed E-state index contributed by atoms with van der Waals surface area (Å²) in [5.74, 6) is 0.924. The molecule has 176 valence electrons. The number of hydrogen-bond acceptors (Lipinski definition) is 8. The van der Waals surface area contributed by atoms with Gasteiger partial charge in [-0.15, -0.1) is 28.1 Å². The number of rotatable bonds is 8. The van der Waals surface area contributed by atoms with E-state index in [1.54, 1.807) is 11.8 Å². The van der Waals surface area contributed by atoms with Crippen LogP contribution in [0.4, 0.5) is 0 Å². The van der Waals surface area contributed by atoms with Gasteiger partial charge >= 0.3 is 5.97 Å². The molecular formula is C25H22N6O2S2. The summed E-state index contributed by atoms with van der Waals surface area (Å²) in [7, 11) is 1.39. The third-order valence-electron chi connectivity index (χ3n) is 5.56. The molecule has 0 atom stereocenters. The van der Waals surface area contributed by atoms with E-state index < -0.39 is 0 Å². The molecule has 8 nitrogen and oxygen atoms in total. The van der Waals surface area contributed by atoms with Crippen LogP contribution in [0.3, 0.4) is 0 Å². The summed E-state index contributed by atoms with van der Waals surface area (Å²) in [6, 6.07) is 16.4.